The quantitative estimate of drug-likeness (QED) is 0.606. The molecule has 0 saturated heterocycles. The second-order valence-corrected chi connectivity index (χ2v) is 5.83. The summed E-state index contributed by atoms with van der Waals surface area (Å²) in [6, 6.07) is -0.660. The first-order chi connectivity index (χ1) is 8.66. The average molecular weight is 291 g/mol. The maximum atomic E-state index is 12.2. The lowest BCUT2D eigenvalue weighted by Crippen LogP contribution is -2.43. The molecule has 1 aromatic heterocycles. The van der Waals surface area contributed by atoms with Gasteiger partial charge in [-0.3, -0.25) is 14.6 Å². The summed E-state index contributed by atoms with van der Waals surface area (Å²) in [6.45, 7) is 2.17. The van der Waals surface area contributed by atoms with Gasteiger partial charge in [0.2, 0.25) is 0 Å². The molecule has 0 amide bonds. The van der Waals surface area contributed by atoms with Gasteiger partial charge in [-0.1, -0.05) is 0 Å². The Morgan fingerprint density at radius 2 is 2.00 bits per heavy atom. The van der Waals surface area contributed by atoms with Crippen molar-refractivity contribution in [2.24, 2.45) is 0 Å². The van der Waals surface area contributed by atoms with Crippen molar-refractivity contribution in [3.63, 3.8) is 0 Å². The van der Waals surface area contributed by atoms with Crippen molar-refractivity contribution in [1.82, 2.24) is 14.3 Å². The van der Waals surface area contributed by atoms with Crippen LogP contribution in [-0.4, -0.2) is 46.4 Å². The molecule has 0 spiro atoms. The highest BCUT2D eigenvalue weighted by Gasteiger charge is 2.31. The summed E-state index contributed by atoms with van der Waals surface area (Å²) in [7, 11) is -4.30. The molecule has 1 heterocycles. The third-order valence-corrected chi connectivity index (χ3v) is 4.27. The Bertz CT molecular complexity index is 686. The van der Waals surface area contributed by atoms with Gasteiger partial charge in [-0.15, -0.1) is 0 Å². The number of rotatable bonds is 5. The summed E-state index contributed by atoms with van der Waals surface area (Å²) in [4.78, 5) is 36.1. The van der Waals surface area contributed by atoms with E-state index >= 15 is 0 Å². The standard InChI is InChI=1S/C9H13N3O6S/c1-5(2)12(4-7(13)14)19(17,18)6-3-10-9(16)11-8(6)15/h3,5H,4H2,1-2H3,(H,13,14)(H2,10,11,15,16). The number of carbonyl (C=O) groups is 1. The van der Waals surface area contributed by atoms with Crippen molar-refractivity contribution in [1.29, 1.82) is 0 Å². The van der Waals surface area contributed by atoms with E-state index in [0.717, 1.165) is 6.20 Å². The summed E-state index contributed by atoms with van der Waals surface area (Å²) in [5.74, 6) is -1.35. The minimum absolute atomic E-state index is 0.651. The molecule has 0 aliphatic rings. The van der Waals surface area contributed by atoms with Gasteiger partial charge in [0.1, 0.15) is 6.54 Å². The van der Waals surface area contributed by atoms with Crippen LogP contribution >= 0.6 is 0 Å². The molecular formula is C9H13N3O6S. The molecule has 0 fully saturated rings. The number of carboxylic acids is 1. The molecule has 9 nitrogen and oxygen atoms in total. The lowest BCUT2D eigenvalue weighted by atomic mass is 10.4. The first kappa shape index (κ1) is 15.1. The van der Waals surface area contributed by atoms with Crippen LogP contribution in [0.2, 0.25) is 0 Å². The van der Waals surface area contributed by atoms with Crippen molar-refractivity contribution in [3.05, 3.63) is 27.0 Å². The fourth-order valence-corrected chi connectivity index (χ4v) is 2.98. The summed E-state index contributed by atoms with van der Waals surface area (Å²) in [5, 5.41) is 8.71. The van der Waals surface area contributed by atoms with E-state index < -0.39 is 44.7 Å². The van der Waals surface area contributed by atoms with E-state index in [2.05, 4.69) is 0 Å². The summed E-state index contributed by atoms with van der Waals surface area (Å²) >= 11 is 0. The van der Waals surface area contributed by atoms with E-state index in [9.17, 15) is 22.8 Å². The average Bonchev–Trinajstić information content (AvgIpc) is 2.24. The van der Waals surface area contributed by atoms with Gasteiger partial charge in [-0.25, -0.2) is 13.2 Å². The second kappa shape index (κ2) is 5.36. The molecular weight excluding hydrogens is 278 g/mol. The van der Waals surface area contributed by atoms with Crippen LogP contribution in [0.25, 0.3) is 0 Å². The Labute approximate surface area is 107 Å². The molecule has 19 heavy (non-hydrogen) atoms. The molecule has 3 N–H and O–H groups in total. The number of hydrogen-bond acceptors (Lipinski definition) is 5. The minimum atomic E-state index is -4.30. The molecule has 0 atom stereocenters. The number of sulfonamides is 1. The molecule has 0 aliphatic heterocycles. The Morgan fingerprint density at radius 3 is 2.42 bits per heavy atom. The van der Waals surface area contributed by atoms with Gasteiger partial charge in [-0.05, 0) is 13.8 Å². The smallest absolute Gasteiger partial charge is 0.325 e. The molecule has 1 aromatic rings. The highest BCUT2D eigenvalue weighted by Crippen LogP contribution is 2.13. The lowest BCUT2D eigenvalue weighted by Gasteiger charge is -2.23. The number of H-pyrrole nitrogens is 2. The van der Waals surface area contributed by atoms with Crippen LogP contribution in [0.15, 0.2) is 20.7 Å². The number of aromatic nitrogens is 2. The zero-order valence-corrected chi connectivity index (χ0v) is 11.0. The largest absolute Gasteiger partial charge is 0.480 e. The fourth-order valence-electron chi connectivity index (χ4n) is 1.39. The van der Waals surface area contributed by atoms with Crippen molar-refractivity contribution >= 4 is 16.0 Å². The minimum Gasteiger partial charge on any atom is -0.480 e. The Balaban J connectivity index is 3.39. The molecule has 0 radical (unpaired) electrons. The topological polar surface area (TPSA) is 140 Å². The van der Waals surface area contributed by atoms with E-state index in [1.807, 2.05) is 4.98 Å². The predicted octanol–water partition coefficient (Wildman–Crippen LogP) is -1.45. The van der Waals surface area contributed by atoms with Crippen LogP contribution in [0.5, 0.6) is 0 Å². The molecule has 1 rings (SSSR count). The van der Waals surface area contributed by atoms with Crippen LogP contribution in [0.3, 0.4) is 0 Å². The van der Waals surface area contributed by atoms with E-state index in [1.54, 1.807) is 4.98 Å². The monoisotopic (exact) mass is 291 g/mol. The van der Waals surface area contributed by atoms with Gasteiger partial charge in [0.05, 0.1) is 0 Å². The first-order valence-electron chi connectivity index (χ1n) is 5.22. The van der Waals surface area contributed by atoms with Gasteiger partial charge in [-0.2, -0.15) is 4.31 Å². The van der Waals surface area contributed by atoms with E-state index in [-0.39, 0.29) is 0 Å². The van der Waals surface area contributed by atoms with Gasteiger partial charge >= 0.3 is 11.7 Å². The Morgan fingerprint density at radius 1 is 1.42 bits per heavy atom. The van der Waals surface area contributed by atoms with Gasteiger partial charge in [0, 0.05) is 12.2 Å². The van der Waals surface area contributed by atoms with E-state index in [1.165, 1.54) is 13.8 Å². The summed E-state index contributed by atoms with van der Waals surface area (Å²) in [6.07, 6.45) is 0.744. The van der Waals surface area contributed by atoms with Crippen molar-refractivity contribution < 1.29 is 18.3 Å². The lowest BCUT2D eigenvalue weighted by molar-refractivity contribution is -0.137. The van der Waals surface area contributed by atoms with Gasteiger partial charge in [0.15, 0.2) is 4.90 Å². The first-order valence-corrected chi connectivity index (χ1v) is 6.66. The van der Waals surface area contributed by atoms with Crippen LogP contribution in [0.4, 0.5) is 0 Å². The van der Waals surface area contributed by atoms with Crippen molar-refractivity contribution in [2.45, 2.75) is 24.8 Å². The number of aromatic amines is 2. The van der Waals surface area contributed by atoms with E-state index in [0.29, 0.717) is 4.31 Å². The maximum absolute atomic E-state index is 12.2. The maximum Gasteiger partial charge on any atom is 0.325 e. The predicted molar refractivity (Wildman–Crippen MR) is 64.3 cm³/mol. The number of nitrogens with zero attached hydrogens (tertiary/aromatic N) is 1. The Hall–Kier alpha value is -1.94. The molecule has 0 aromatic carbocycles. The molecule has 0 aliphatic carbocycles. The van der Waals surface area contributed by atoms with Crippen LogP contribution < -0.4 is 11.2 Å². The van der Waals surface area contributed by atoms with Crippen molar-refractivity contribution in [2.75, 3.05) is 6.54 Å². The zero-order chi connectivity index (χ0) is 14.8. The number of hydrogen-bond donors (Lipinski definition) is 3. The number of carboxylic acid groups (broad SMARTS) is 1. The van der Waals surface area contributed by atoms with Crippen LogP contribution in [0, 0.1) is 0 Å². The number of nitrogens with one attached hydrogen (secondary N) is 2. The summed E-state index contributed by atoms with van der Waals surface area (Å²) in [5.41, 5.74) is -1.95. The third kappa shape index (κ3) is 3.29. The SMILES string of the molecule is CC(C)N(CC(=O)O)S(=O)(=O)c1c[nH]c(=O)[nH]c1=O. The molecule has 10 heteroatoms. The number of aliphatic carboxylic acids is 1. The van der Waals surface area contributed by atoms with Crippen LogP contribution in [0.1, 0.15) is 13.8 Å². The highest BCUT2D eigenvalue weighted by molar-refractivity contribution is 7.89. The van der Waals surface area contributed by atoms with Crippen LogP contribution in [-0.2, 0) is 14.8 Å². The normalized spacial score (nSPS) is 12.0. The van der Waals surface area contributed by atoms with Gasteiger partial charge < -0.3 is 10.1 Å². The Kier molecular flexibility index (Phi) is 4.27. The van der Waals surface area contributed by atoms with E-state index in [4.69, 9.17) is 5.11 Å². The molecule has 0 bridgehead atoms. The molecule has 0 unspecified atom stereocenters. The molecule has 0 saturated carbocycles. The zero-order valence-electron chi connectivity index (χ0n) is 10.2. The second-order valence-electron chi connectivity index (χ2n) is 3.97. The highest BCUT2D eigenvalue weighted by atomic mass is 32.2. The van der Waals surface area contributed by atoms with Crippen molar-refractivity contribution in [3.8, 4) is 0 Å². The van der Waals surface area contributed by atoms with Gasteiger partial charge in [0.25, 0.3) is 15.6 Å². The third-order valence-electron chi connectivity index (χ3n) is 2.24. The summed E-state index contributed by atoms with van der Waals surface area (Å²) < 4.78 is 25.0. The molecule has 106 valence electrons. The fraction of sp³-hybridized carbons (Fsp3) is 0.444.